The van der Waals surface area contributed by atoms with Crippen LogP contribution in [0.4, 0.5) is 10.5 Å². The Hall–Kier alpha value is -3.91. The molecule has 166 valence electrons. The molecule has 0 saturated carbocycles. The van der Waals surface area contributed by atoms with Crippen LogP contribution < -0.4 is 9.64 Å². The quantitative estimate of drug-likeness (QED) is 0.411. The molecular weight excluding hydrogens is 442 g/mol. The molecule has 0 N–H and O–H groups in total. The fourth-order valence-electron chi connectivity index (χ4n) is 3.91. The number of carbonyl (C=O) groups is 1. The van der Waals surface area contributed by atoms with Gasteiger partial charge < -0.3 is 9.47 Å². The van der Waals surface area contributed by atoms with Crippen LogP contribution in [-0.4, -0.2) is 39.5 Å². The van der Waals surface area contributed by atoms with Gasteiger partial charge in [-0.05, 0) is 47.2 Å². The number of aromatic nitrogens is 4. The van der Waals surface area contributed by atoms with Crippen LogP contribution in [0.1, 0.15) is 11.6 Å². The fourth-order valence-corrected chi connectivity index (χ4v) is 4.03. The van der Waals surface area contributed by atoms with E-state index in [4.69, 9.17) is 21.1 Å². The number of halogens is 1. The van der Waals surface area contributed by atoms with Gasteiger partial charge in [-0.15, -0.1) is 10.2 Å². The van der Waals surface area contributed by atoms with Crippen molar-refractivity contribution in [2.24, 2.45) is 0 Å². The molecule has 5 rings (SSSR count). The Morgan fingerprint density at radius 2 is 1.82 bits per heavy atom. The van der Waals surface area contributed by atoms with Gasteiger partial charge in [0.1, 0.15) is 24.4 Å². The topological polar surface area (TPSA) is 82.4 Å². The van der Waals surface area contributed by atoms with Crippen molar-refractivity contribution in [2.45, 2.75) is 18.7 Å². The molecule has 2 heterocycles. The van der Waals surface area contributed by atoms with Crippen molar-refractivity contribution < 1.29 is 14.3 Å². The van der Waals surface area contributed by atoms with Gasteiger partial charge in [0.25, 0.3) is 0 Å². The van der Waals surface area contributed by atoms with E-state index in [1.807, 2.05) is 54.6 Å². The van der Waals surface area contributed by atoms with Crippen molar-refractivity contribution in [1.29, 1.82) is 0 Å². The van der Waals surface area contributed by atoms with E-state index in [-0.39, 0.29) is 6.54 Å². The Bertz CT molecular complexity index is 1260. The number of carbonyl (C=O) groups excluding carboxylic acids is 1. The Labute approximate surface area is 195 Å². The third-order valence-corrected chi connectivity index (χ3v) is 5.70. The first-order chi connectivity index (χ1) is 16.1. The van der Waals surface area contributed by atoms with Crippen LogP contribution in [0.5, 0.6) is 5.75 Å². The Morgan fingerprint density at radius 1 is 1.03 bits per heavy atom. The summed E-state index contributed by atoms with van der Waals surface area (Å²) in [5.41, 5.74) is 2.40. The maximum Gasteiger partial charge on any atom is 0.415 e. The van der Waals surface area contributed by atoms with Crippen LogP contribution in [0, 0.1) is 0 Å². The minimum absolute atomic E-state index is 0.234. The zero-order valence-corrected chi connectivity index (χ0v) is 18.5. The van der Waals surface area contributed by atoms with Crippen LogP contribution in [-0.2, 0) is 11.3 Å². The van der Waals surface area contributed by atoms with Gasteiger partial charge in [-0.2, -0.15) is 4.80 Å². The molecule has 1 aliphatic rings. The Balaban J connectivity index is 1.49. The van der Waals surface area contributed by atoms with Crippen molar-refractivity contribution in [3.63, 3.8) is 0 Å². The summed E-state index contributed by atoms with van der Waals surface area (Å²) in [5, 5.41) is 13.4. The first-order valence-electron chi connectivity index (χ1n) is 10.3. The number of amides is 1. The lowest BCUT2D eigenvalue weighted by Crippen LogP contribution is -2.31. The Morgan fingerprint density at radius 3 is 2.58 bits per heavy atom. The molecule has 0 radical (unpaired) electrons. The van der Waals surface area contributed by atoms with Crippen molar-refractivity contribution in [1.82, 2.24) is 20.2 Å². The molecule has 0 aliphatic carbocycles. The Kier molecular flexibility index (Phi) is 5.66. The molecule has 2 atom stereocenters. The zero-order valence-electron chi connectivity index (χ0n) is 17.7. The first-order valence-corrected chi connectivity index (χ1v) is 10.7. The molecule has 4 aromatic rings. The second-order valence-electron chi connectivity index (χ2n) is 7.52. The van der Waals surface area contributed by atoms with Gasteiger partial charge in [-0.1, -0.05) is 54.1 Å². The number of ether oxygens (including phenoxy) is 2. The summed E-state index contributed by atoms with van der Waals surface area (Å²) in [6.45, 7) is 0.234. The average Bonchev–Trinajstić information content (AvgIpc) is 3.44. The van der Waals surface area contributed by atoms with Crippen molar-refractivity contribution in [3.05, 3.63) is 89.4 Å². The lowest BCUT2D eigenvalue weighted by atomic mass is 9.99. The number of rotatable bonds is 6. The summed E-state index contributed by atoms with van der Waals surface area (Å²) >= 11 is 6.06. The minimum atomic E-state index is -0.557. The number of benzene rings is 3. The summed E-state index contributed by atoms with van der Waals surface area (Å²) in [5.74, 6) is 1.19. The molecule has 9 heteroatoms. The van der Waals surface area contributed by atoms with E-state index < -0.39 is 18.2 Å². The number of methoxy groups -OCH3 is 1. The lowest BCUT2D eigenvalue weighted by molar-refractivity contribution is 0.114. The monoisotopic (exact) mass is 461 g/mol. The van der Waals surface area contributed by atoms with E-state index in [0.29, 0.717) is 22.3 Å². The average molecular weight is 462 g/mol. The summed E-state index contributed by atoms with van der Waals surface area (Å²) in [6, 6.07) is 23.8. The predicted molar refractivity (Wildman–Crippen MR) is 123 cm³/mol. The molecular formula is C24H20ClN5O3. The highest BCUT2D eigenvalue weighted by Gasteiger charge is 2.44. The number of hydrogen-bond acceptors (Lipinski definition) is 6. The van der Waals surface area contributed by atoms with Crippen LogP contribution in [0.15, 0.2) is 78.9 Å². The van der Waals surface area contributed by atoms with E-state index in [0.717, 1.165) is 11.1 Å². The van der Waals surface area contributed by atoms with Gasteiger partial charge >= 0.3 is 6.09 Å². The standard InChI is InChI=1S/C24H20ClN5O3/c1-32-20-9-5-8-17(14-20)22-21(33-24(31)30(22)19-12-10-18(25)11-13-19)15-29-27-23(26-28-29)16-6-3-2-4-7-16/h2-14,21-22H,15H2,1H3/t21-,22-/m0/s1. The van der Waals surface area contributed by atoms with Gasteiger partial charge in [-0.3, -0.25) is 4.90 Å². The van der Waals surface area contributed by atoms with Gasteiger partial charge in [0, 0.05) is 16.3 Å². The van der Waals surface area contributed by atoms with Gasteiger partial charge in [-0.25, -0.2) is 4.79 Å². The number of anilines is 1. The van der Waals surface area contributed by atoms with Crippen LogP contribution in [0.2, 0.25) is 5.02 Å². The minimum Gasteiger partial charge on any atom is -0.497 e. The summed E-state index contributed by atoms with van der Waals surface area (Å²) in [7, 11) is 1.61. The third-order valence-electron chi connectivity index (χ3n) is 5.45. The van der Waals surface area contributed by atoms with Crippen LogP contribution in [0.25, 0.3) is 11.4 Å². The van der Waals surface area contributed by atoms with Crippen molar-refractivity contribution in [3.8, 4) is 17.1 Å². The zero-order chi connectivity index (χ0) is 22.8. The molecule has 0 unspecified atom stereocenters. The van der Waals surface area contributed by atoms with E-state index in [1.165, 1.54) is 4.80 Å². The van der Waals surface area contributed by atoms with E-state index in [1.54, 1.807) is 36.3 Å². The van der Waals surface area contributed by atoms with Crippen molar-refractivity contribution >= 4 is 23.4 Å². The van der Waals surface area contributed by atoms with E-state index in [2.05, 4.69) is 15.4 Å². The van der Waals surface area contributed by atoms with Crippen molar-refractivity contribution in [2.75, 3.05) is 12.0 Å². The maximum absolute atomic E-state index is 13.0. The van der Waals surface area contributed by atoms with Gasteiger partial charge in [0.2, 0.25) is 5.82 Å². The molecule has 0 spiro atoms. The molecule has 3 aromatic carbocycles. The maximum atomic E-state index is 13.0. The molecule has 1 aliphatic heterocycles. The van der Waals surface area contributed by atoms with Crippen LogP contribution >= 0.6 is 11.6 Å². The second-order valence-corrected chi connectivity index (χ2v) is 7.96. The van der Waals surface area contributed by atoms with Gasteiger partial charge in [0.05, 0.1) is 7.11 Å². The summed E-state index contributed by atoms with van der Waals surface area (Å²) < 4.78 is 11.2. The highest BCUT2D eigenvalue weighted by Crippen LogP contribution is 2.39. The SMILES string of the molecule is COc1cccc([C@H]2[C@H](Cn3nnc(-c4ccccc4)n3)OC(=O)N2c2ccc(Cl)cc2)c1. The van der Waals surface area contributed by atoms with Gasteiger partial charge in [0.15, 0.2) is 0 Å². The molecule has 1 fully saturated rings. The normalized spacial score (nSPS) is 17.8. The highest BCUT2D eigenvalue weighted by molar-refractivity contribution is 6.30. The molecule has 1 amide bonds. The third kappa shape index (κ3) is 4.25. The molecule has 1 saturated heterocycles. The summed E-state index contributed by atoms with van der Waals surface area (Å²) in [6.07, 6.45) is -1.02. The molecule has 8 nitrogen and oxygen atoms in total. The van der Waals surface area contributed by atoms with E-state index >= 15 is 0 Å². The molecule has 0 bridgehead atoms. The number of tetrazole rings is 1. The smallest absolute Gasteiger partial charge is 0.415 e. The van der Waals surface area contributed by atoms with E-state index in [9.17, 15) is 4.79 Å². The first kappa shape index (κ1) is 21.0. The number of cyclic esters (lactones) is 1. The second kappa shape index (κ2) is 8.91. The fraction of sp³-hybridized carbons (Fsp3) is 0.167. The predicted octanol–water partition coefficient (Wildman–Crippen LogP) is 4.77. The molecule has 1 aromatic heterocycles. The molecule has 33 heavy (non-hydrogen) atoms. The highest BCUT2D eigenvalue weighted by atomic mass is 35.5. The summed E-state index contributed by atoms with van der Waals surface area (Å²) in [4.78, 5) is 16.1. The lowest BCUT2D eigenvalue weighted by Gasteiger charge is -2.25. The largest absolute Gasteiger partial charge is 0.497 e. The number of nitrogens with zero attached hydrogens (tertiary/aromatic N) is 5. The number of hydrogen-bond donors (Lipinski definition) is 0. The van der Waals surface area contributed by atoms with Crippen LogP contribution in [0.3, 0.4) is 0 Å².